The van der Waals surface area contributed by atoms with E-state index in [0.717, 1.165) is 12.1 Å². The van der Waals surface area contributed by atoms with Gasteiger partial charge in [0.1, 0.15) is 0 Å². The first-order valence-corrected chi connectivity index (χ1v) is 5.63. The average Bonchev–Trinajstić information content (AvgIpc) is 2.38. The fraction of sp³-hybridized carbons (Fsp3) is 0.455. The van der Waals surface area contributed by atoms with Crippen LogP contribution in [-0.4, -0.2) is 38.3 Å². The number of methoxy groups -OCH3 is 1. The summed E-state index contributed by atoms with van der Waals surface area (Å²) in [5.74, 6) is -2.37. The molecule has 0 fully saturated rings. The van der Waals surface area contributed by atoms with Crippen LogP contribution < -0.4 is 10.6 Å². The van der Waals surface area contributed by atoms with Gasteiger partial charge in [-0.25, -0.2) is 8.78 Å². The number of nitro groups is 1. The number of nitro benzene ring substituents is 1. The van der Waals surface area contributed by atoms with E-state index in [1.807, 2.05) is 0 Å². The number of halogens is 2. The third-order valence-electron chi connectivity index (χ3n) is 2.36. The van der Waals surface area contributed by atoms with Crippen molar-refractivity contribution in [3.05, 3.63) is 33.9 Å². The molecule has 0 atom stereocenters. The molecule has 1 aromatic rings. The normalized spacial score (nSPS) is 10.5. The van der Waals surface area contributed by atoms with E-state index in [-0.39, 0.29) is 6.54 Å². The molecule has 0 unspecified atom stereocenters. The third kappa shape index (κ3) is 4.42. The summed E-state index contributed by atoms with van der Waals surface area (Å²) in [6.07, 6.45) is 0. The minimum absolute atomic E-state index is 0.227. The summed E-state index contributed by atoms with van der Waals surface area (Å²) in [4.78, 5) is 9.94. The molecule has 106 valence electrons. The molecule has 0 aliphatic rings. The minimum Gasteiger partial charge on any atom is -0.383 e. The SMILES string of the molecule is COCCNCCNc1c([N+](=O)[O-])ccc(F)c1F. The van der Waals surface area contributed by atoms with Crippen LogP contribution in [0.5, 0.6) is 0 Å². The monoisotopic (exact) mass is 275 g/mol. The molecule has 0 bridgehead atoms. The Kier molecular flexibility index (Phi) is 6.10. The number of ether oxygens (including phenoxy) is 1. The van der Waals surface area contributed by atoms with Crippen molar-refractivity contribution in [1.82, 2.24) is 5.32 Å². The van der Waals surface area contributed by atoms with Crippen LogP contribution in [0.15, 0.2) is 12.1 Å². The maximum absolute atomic E-state index is 13.5. The number of nitrogens with zero attached hydrogens (tertiary/aromatic N) is 1. The van der Waals surface area contributed by atoms with Crippen LogP contribution in [0.2, 0.25) is 0 Å². The molecular formula is C11H15F2N3O3. The quantitative estimate of drug-likeness (QED) is 0.427. The van der Waals surface area contributed by atoms with E-state index in [1.165, 1.54) is 0 Å². The van der Waals surface area contributed by atoms with Crippen LogP contribution in [0.25, 0.3) is 0 Å². The van der Waals surface area contributed by atoms with Gasteiger partial charge >= 0.3 is 0 Å². The zero-order valence-electron chi connectivity index (χ0n) is 10.4. The lowest BCUT2D eigenvalue weighted by Crippen LogP contribution is -2.26. The van der Waals surface area contributed by atoms with Crippen LogP contribution in [0.1, 0.15) is 0 Å². The summed E-state index contributed by atoms with van der Waals surface area (Å²) in [6.45, 7) is 1.79. The average molecular weight is 275 g/mol. The molecule has 1 aromatic carbocycles. The number of hydrogen-bond donors (Lipinski definition) is 2. The van der Waals surface area contributed by atoms with E-state index in [2.05, 4.69) is 10.6 Å². The Labute approximate surface area is 108 Å². The van der Waals surface area contributed by atoms with Gasteiger partial charge in [-0.3, -0.25) is 10.1 Å². The van der Waals surface area contributed by atoms with Crippen molar-refractivity contribution in [3.8, 4) is 0 Å². The molecule has 8 heteroatoms. The first-order chi connectivity index (χ1) is 9.07. The molecule has 2 N–H and O–H groups in total. The van der Waals surface area contributed by atoms with Crippen molar-refractivity contribution in [3.63, 3.8) is 0 Å². The Balaban J connectivity index is 2.61. The maximum atomic E-state index is 13.5. The first kappa shape index (κ1) is 15.3. The largest absolute Gasteiger partial charge is 0.383 e. The molecule has 0 radical (unpaired) electrons. The first-order valence-electron chi connectivity index (χ1n) is 5.63. The van der Waals surface area contributed by atoms with Gasteiger partial charge in [0.15, 0.2) is 17.3 Å². The Morgan fingerprint density at radius 2 is 2.05 bits per heavy atom. The zero-order valence-corrected chi connectivity index (χ0v) is 10.4. The van der Waals surface area contributed by atoms with Gasteiger partial charge in [-0.15, -0.1) is 0 Å². The number of benzene rings is 1. The van der Waals surface area contributed by atoms with Gasteiger partial charge in [0.05, 0.1) is 11.5 Å². The lowest BCUT2D eigenvalue weighted by atomic mass is 10.2. The Morgan fingerprint density at radius 3 is 2.68 bits per heavy atom. The Bertz CT molecular complexity index is 443. The van der Waals surface area contributed by atoms with Crippen LogP contribution in [-0.2, 0) is 4.74 Å². The van der Waals surface area contributed by atoms with E-state index >= 15 is 0 Å². The van der Waals surface area contributed by atoms with Gasteiger partial charge in [0.25, 0.3) is 5.69 Å². The molecule has 0 aliphatic heterocycles. The van der Waals surface area contributed by atoms with Gasteiger partial charge in [-0.1, -0.05) is 0 Å². The van der Waals surface area contributed by atoms with Crippen molar-refractivity contribution in [2.24, 2.45) is 0 Å². The molecule has 0 spiro atoms. The second kappa shape index (κ2) is 7.59. The third-order valence-corrected chi connectivity index (χ3v) is 2.36. The molecule has 0 saturated heterocycles. The zero-order chi connectivity index (χ0) is 14.3. The van der Waals surface area contributed by atoms with Crippen LogP contribution >= 0.6 is 0 Å². The summed E-state index contributed by atoms with van der Waals surface area (Å²) in [5, 5.41) is 16.2. The van der Waals surface area contributed by atoms with E-state index in [1.54, 1.807) is 7.11 Å². The molecular weight excluding hydrogens is 260 g/mol. The molecule has 0 aromatic heterocycles. The highest BCUT2D eigenvalue weighted by Crippen LogP contribution is 2.28. The minimum atomic E-state index is -1.24. The highest BCUT2D eigenvalue weighted by Gasteiger charge is 2.20. The molecule has 1 rings (SSSR count). The molecule has 19 heavy (non-hydrogen) atoms. The van der Waals surface area contributed by atoms with Crippen LogP contribution in [0.3, 0.4) is 0 Å². The highest BCUT2D eigenvalue weighted by atomic mass is 19.2. The lowest BCUT2D eigenvalue weighted by molar-refractivity contribution is -0.384. The molecule has 0 heterocycles. The van der Waals surface area contributed by atoms with Crippen LogP contribution in [0.4, 0.5) is 20.2 Å². The van der Waals surface area contributed by atoms with E-state index in [9.17, 15) is 18.9 Å². The smallest absolute Gasteiger partial charge is 0.295 e. The van der Waals surface area contributed by atoms with Crippen molar-refractivity contribution in [2.75, 3.05) is 38.7 Å². The fourth-order valence-electron chi connectivity index (χ4n) is 1.44. The summed E-state index contributed by atoms with van der Waals surface area (Å²) in [5.41, 5.74) is -0.922. The van der Waals surface area contributed by atoms with Crippen LogP contribution in [0, 0.1) is 21.7 Å². The Morgan fingerprint density at radius 1 is 1.32 bits per heavy atom. The molecule has 0 saturated carbocycles. The van der Waals surface area contributed by atoms with Crippen molar-refractivity contribution in [1.29, 1.82) is 0 Å². The van der Waals surface area contributed by atoms with Gasteiger partial charge < -0.3 is 15.4 Å². The lowest BCUT2D eigenvalue weighted by Gasteiger charge is -2.09. The standard InChI is InChI=1S/C11H15F2N3O3/c1-19-7-6-14-4-5-15-11-9(16(17)18)3-2-8(12)10(11)13/h2-3,14-15H,4-7H2,1H3. The summed E-state index contributed by atoms with van der Waals surface area (Å²) in [6, 6.07) is 1.66. The summed E-state index contributed by atoms with van der Waals surface area (Å²) < 4.78 is 31.3. The molecule has 6 nitrogen and oxygen atoms in total. The number of anilines is 1. The maximum Gasteiger partial charge on any atom is 0.295 e. The van der Waals surface area contributed by atoms with E-state index < -0.39 is 27.9 Å². The second-order valence-electron chi connectivity index (χ2n) is 3.68. The van der Waals surface area contributed by atoms with Gasteiger partial charge in [-0.2, -0.15) is 0 Å². The summed E-state index contributed by atoms with van der Waals surface area (Å²) in [7, 11) is 1.56. The van der Waals surface area contributed by atoms with Crippen molar-refractivity contribution < 1.29 is 18.4 Å². The predicted molar refractivity (Wildman–Crippen MR) is 66.2 cm³/mol. The predicted octanol–water partition coefficient (Wildman–Crippen LogP) is 1.52. The second-order valence-corrected chi connectivity index (χ2v) is 3.68. The van der Waals surface area contributed by atoms with Gasteiger partial charge in [0, 0.05) is 32.8 Å². The Hall–Kier alpha value is -1.80. The van der Waals surface area contributed by atoms with Crippen molar-refractivity contribution in [2.45, 2.75) is 0 Å². The number of nitrogens with one attached hydrogen (secondary N) is 2. The van der Waals surface area contributed by atoms with E-state index in [4.69, 9.17) is 4.74 Å². The number of hydrogen-bond acceptors (Lipinski definition) is 5. The topological polar surface area (TPSA) is 76.4 Å². The van der Waals surface area contributed by atoms with Gasteiger partial charge in [-0.05, 0) is 6.07 Å². The van der Waals surface area contributed by atoms with Gasteiger partial charge in [0.2, 0.25) is 0 Å². The fourth-order valence-corrected chi connectivity index (χ4v) is 1.44. The molecule has 0 aliphatic carbocycles. The molecule has 0 amide bonds. The van der Waals surface area contributed by atoms with Crippen molar-refractivity contribution >= 4 is 11.4 Å². The number of rotatable bonds is 8. The van der Waals surface area contributed by atoms with E-state index in [0.29, 0.717) is 19.7 Å². The highest BCUT2D eigenvalue weighted by molar-refractivity contribution is 5.62. The summed E-state index contributed by atoms with van der Waals surface area (Å²) >= 11 is 0.